The number of aryl methyl sites for hydroxylation is 1. The maximum Gasteiger partial charge on any atom is 0.119 e. The summed E-state index contributed by atoms with van der Waals surface area (Å²) in [5.74, 6) is 2.59. The van der Waals surface area contributed by atoms with Gasteiger partial charge in [-0.2, -0.15) is 5.26 Å². The van der Waals surface area contributed by atoms with E-state index in [9.17, 15) is 0 Å². The fourth-order valence-electron chi connectivity index (χ4n) is 3.18. The summed E-state index contributed by atoms with van der Waals surface area (Å²) in [7, 11) is 0. The Morgan fingerprint density at radius 3 is 3.29 bits per heavy atom. The van der Waals surface area contributed by atoms with Crippen molar-refractivity contribution in [3.05, 3.63) is 48.0 Å². The van der Waals surface area contributed by atoms with Crippen LogP contribution >= 0.6 is 0 Å². The van der Waals surface area contributed by atoms with E-state index in [0.29, 0.717) is 18.9 Å². The van der Waals surface area contributed by atoms with Gasteiger partial charge in [-0.25, -0.2) is 4.98 Å². The summed E-state index contributed by atoms with van der Waals surface area (Å²) in [6.07, 6.45) is 7.72. The first-order chi connectivity index (χ1) is 11.9. The molecular weight excluding hydrogens is 300 g/mol. The zero-order valence-electron chi connectivity index (χ0n) is 13.9. The summed E-state index contributed by atoms with van der Waals surface area (Å²) in [5, 5.41) is 12.1. The Morgan fingerprint density at radius 1 is 1.42 bits per heavy atom. The van der Waals surface area contributed by atoms with Gasteiger partial charge in [-0.15, -0.1) is 0 Å². The molecule has 0 spiro atoms. The van der Waals surface area contributed by atoms with Gasteiger partial charge in [-0.3, -0.25) is 0 Å². The molecule has 1 atom stereocenters. The van der Waals surface area contributed by atoms with Crippen molar-refractivity contribution >= 4 is 0 Å². The molecule has 5 nitrogen and oxygen atoms in total. The van der Waals surface area contributed by atoms with E-state index >= 15 is 0 Å². The minimum absolute atomic E-state index is 0.499. The Bertz CT molecular complexity index is 689. The summed E-state index contributed by atoms with van der Waals surface area (Å²) in [6, 6.07) is 10.3. The minimum atomic E-state index is 0.499. The molecule has 0 saturated carbocycles. The molecule has 1 N–H and O–H groups in total. The Balaban J connectivity index is 1.46. The van der Waals surface area contributed by atoms with Gasteiger partial charge in [0.05, 0.1) is 12.7 Å². The molecule has 0 saturated heterocycles. The van der Waals surface area contributed by atoms with Crippen LogP contribution in [-0.2, 0) is 13.1 Å². The molecular formula is C19H24N4O. The van der Waals surface area contributed by atoms with Crippen LogP contribution in [0.1, 0.15) is 43.0 Å². The average molecular weight is 324 g/mol. The third kappa shape index (κ3) is 4.36. The molecule has 1 aromatic carbocycles. The molecule has 0 radical (unpaired) electrons. The van der Waals surface area contributed by atoms with E-state index in [0.717, 1.165) is 31.8 Å². The number of fused-ring (bicyclic) bond motifs is 1. The van der Waals surface area contributed by atoms with Crippen molar-refractivity contribution in [2.75, 3.05) is 13.2 Å². The first-order valence-electron chi connectivity index (χ1n) is 8.67. The quantitative estimate of drug-likeness (QED) is 0.757. The maximum atomic E-state index is 8.54. The minimum Gasteiger partial charge on any atom is -0.494 e. The van der Waals surface area contributed by atoms with Crippen LogP contribution < -0.4 is 10.1 Å². The number of hydrogen-bond donors (Lipinski definition) is 1. The third-order valence-electron chi connectivity index (χ3n) is 4.38. The molecule has 0 aliphatic carbocycles. The highest BCUT2D eigenvalue weighted by atomic mass is 16.5. The first kappa shape index (κ1) is 16.5. The number of imidazole rings is 1. The van der Waals surface area contributed by atoms with Gasteiger partial charge in [0, 0.05) is 44.4 Å². The van der Waals surface area contributed by atoms with E-state index in [1.165, 1.54) is 24.2 Å². The Labute approximate surface area is 143 Å². The number of unbranched alkanes of at least 4 members (excludes halogenated alkanes) is 1. The molecule has 5 heteroatoms. The topological polar surface area (TPSA) is 62.9 Å². The van der Waals surface area contributed by atoms with Crippen molar-refractivity contribution < 1.29 is 4.74 Å². The summed E-state index contributed by atoms with van der Waals surface area (Å²) in [4.78, 5) is 4.51. The van der Waals surface area contributed by atoms with E-state index < -0.39 is 0 Å². The highest BCUT2D eigenvalue weighted by Gasteiger charge is 2.20. The SMILES string of the molecule is N#CCCCOc1cccc(CNCC2CCCn3ccnc32)c1. The van der Waals surface area contributed by atoms with Crippen molar-refractivity contribution in [2.45, 2.75) is 44.7 Å². The lowest BCUT2D eigenvalue weighted by molar-refractivity contribution is 0.312. The van der Waals surface area contributed by atoms with Gasteiger partial charge in [0.25, 0.3) is 0 Å². The highest BCUT2D eigenvalue weighted by Crippen LogP contribution is 2.25. The molecule has 24 heavy (non-hydrogen) atoms. The Morgan fingerprint density at radius 2 is 2.38 bits per heavy atom. The number of ether oxygens (including phenoxy) is 1. The van der Waals surface area contributed by atoms with Crippen LogP contribution in [0.4, 0.5) is 0 Å². The van der Waals surface area contributed by atoms with Gasteiger partial charge < -0.3 is 14.6 Å². The zero-order chi connectivity index (χ0) is 16.6. The van der Waals surface area contributed by atoms with Gasteiger partial charge in [-0.1, -0.05) is 12.1 Å². The Kier molecular flexibility index (Phi) is 5.86. The molecule has 1 unspecified atom stereocenters. The van der Waals surface area contributed by atoms with Crippen LogP contribution in [0.15, 0.2) is 36.7 Å². The fraction of sp³-hybridized carbons (Fsp3) is 0.474. The monoisotopic (exact) mass is 324 g/mol. The van der Waals surface area contributed by atoms with Crippen LogP contribution in [0.2, 0.25) is 0 Å². The normalized spacial score (nSPS) is 16.4. The lowest BCUT2D eigenvalue weighted by Gasteiger charge is -2.23. The van der Waals surface area contributed by atoms with Gasteiger partial charge >= 0.3 is 0 Å². The molecule has 0 fully saturated rings. The van der Waals surface area contributed by atoms with Crippen LogP contribution in [-0.4, -0.2) is 22.7 Å². The van der Waals surface area contributed by atoms with Crippen molar-refractivity contribution in [1.29, 1.82) is 5.26 Å². The molecule has 0 bridgehead atoms. The summed E-state index contributed by atoms with van der Waals surface area (Å²) >= 11 is 0. The summed E-state index contributed by atoms with van der Waals surface area (Å²) < 4.78 is 7.96. The maximum absolute atomic E-state index is 8.54. The van der Waals surface area contributed by atoms with E-state index in [-0.39, 0.29) is 0 Å². The zero-order valence-corrected chi connectivity index (χ0v) is 13.9. The summed E-state index contributed by atoms with van der Waals surface area (Å²) in [5.41, 5.74) is 1.21. The van der Waals surface area contributed by atoms with Crippen molar-refractivity contribution in [1.82, 2.24) is 14.9 Å². The van der Waals surface area contributed by atoms with E-state index in [1.807, 2.05) is 18.3 Å². The number of rotatable bonds is 8. The second-order valence-corrected chi connectivity index (χ2v) is 6.21. The predicted molar refractivity (Wildman–Crippen MR) is 92.7 cm³/mol. The second kappa shape index (κ2) is 8.51. The van der Waals surface area contributed by atoms with E-state index in [1.54, 1.807) is 0 Å². The Hall–Kier alpha value is -2.32. The largest absolute Gasteiger partial charge is 0.494 e. The van der Waals surface area contributed by atoms with E-state index in [4.69, 9.17) is 10.00 Å². The van der Waals surface area contributed by atoms with Crippen LogP contribution in [0.25, 0.3) is 0 Å². The second-order valence-electron chi connectivity index (χ2n) is 6.21. The summed E-state index contributed by atoms with van der Waals surface area (Å²) in [6.45, 7) is 3.46. The van der Waals surface area contributed by atoms with Crippen molar-refractivity contribution in [2.24, 2.45) is 0 Å². The molecule has 1 aliphatic heterocycles. The lowest BCUT2D eigenvalue weighted by Crippen LogP contribution is -2.26. The number of benzene rings is 1. The molecule has 2 aromatic rings. The van der Waals surface area contributed by atoms with Crippen LogP contribution in [0.5, 0.6) is 5.75 Å². The first-order valence-corrected chi connectivity index (χ1v) is 8.67. The molecule has 126 valence electrons. The van der Waals surface area contributed by atoms with Gasteiger partial charge in [0.2, 0.25) is 0 Å². The molecule has 1 aromatic heterocycles. The van der Waals surface area contributed by atoms with Crippen molar-refractivity contribution in [3.8, 4) is 11.8 Å². The van der Waals surface area contributed by atoms with Crippen molar-refractivity contribution in [3.63, 3.8) is 0 Å². The standard InChI is InChI=1S/C19H24N4O/c20-8-1-2-12-24-18-7-3-5-16(13-18)14-21-15-17-6-4-10-23-11-9-22-19(17)23/h3,5,7,9,11,13,17,21H,1-2,4,6,10,12,14-15H2. The lowest BCUT2D eigenvalue weighted by atomic mass is 9.99. The molecule has 2 heterocycles. The van der Waals surface area contributed by atoms with Crippen LogP contribution in [0, 0.1) is 11.3 Å². The number of nitriles is 1. The molecule has 0 amide bonds. The number of aromatic nitrogens is 2. The highest BCUT2D eigenvalue weighted by molar-refractivity contribution is 5.28. The average Bonchev–Trinajstić information content (AvgIpc) is 3.09. The van der Waals surface area contributed by atoms with Gasteiger partial charge in [0.1, 0.15) is 11.6 Å². The fourth-order valence-corrected chi connectivity index (χ4v) is 3.18. The number of nitrogens with zero attached hydrogens (tertiary/aromatic N) is 3. The van der Waals surface area contributed by atoms with Crippen LogP contribution in [0.3, 0.4) is 0 Å². The van der Waals surface area contributed by atoms with Gasteiger partial charge in [-0.05, 0) is 37.0 Å². The molecule has 3 rings (SSSR count). The number of nitrogens with one attached hydrogen (secondary N) is 1. The van der Waals surface area contributed by atoms with E-state index in [2.05, 4.69) is 39.3 Å². The smallest absolute Gasteiger partial charge is 0.119 e. The number of hydrogen-bond acceptors (Lipinski definition) is 4. The third-order valence-corrected chi connectivity index (χ3v) is 4.38. The molecule has 1 aliphatic rings. The predicted octanol–water partition coefficient (Wildman–Crippen LogP) is 3.23. The van der Waals surface area contributed by atoms with Gasteiger partial charge in [0.15, 0.2) is 0 Å².